The van der Waals surface area contributed by atoms with E-state index < -0.39 is 27.8 Å². The lowest BCUT2D eigenvalue weighted by Crippen LogP contribution is -2.50. The van der Waals surface area contributed by atoms with Gasteiger partial charge >= 0.3 is 6.09 Å². The molecule has 1 amide bonds. The molecule has 0 bridgehead atoms. The Balaban J connectivity index is 1.89. The second-order valence-corrected chi connectivity index (χ2v) is 12.7. The molecule has 3 aromatic rings. The van der Waals surface area contributed by atoms with E-state index in [9.17, 15) is 13.2 Å². The summed E-state index contributed by atoms with van der Waals surface area (Å²) in [5, 5.41) is 1.68. The van der Waals surface area contributed by atoms with Crippen molar-refractivity contribution in [3.63, 3.8) is 0 Å². The summed E-state index contributed by atoms with van der Waals surface area (Å²) in [5.41, 5.74) is 0.429. The third kappa shape index (κ3) is 8.24. The minimum atomic E-state index is -3.85. The number of nitrogens with zero attached hydrogens (tertiary/aromatic N) is 4. The van der Waals surface area contributed by atoms with Gasteiger partial charge in [-0.3, -0.25) is 4.98 Å². The minimum Gasteiger partial charge on any atom is -0.444 e. The number of carbonyl (C=O) groups is 1. The number of benzene rings is 2. The number of hydrogen-bond acceptors (Lipinski definition) is 6. The van der Waals surface area contributed by atoms with E-state index in [-0.39, 0.29) is 18.0 Å². The molecule has 38 heavy (non-hydrogen) atoms. The Labute approximate surface area is 227 Å². The van der Waals surface area contributed by atoms with Crippen molar-refractivity contribution in [2.75, 3.05) is 40.3 Å². The zero-order valence-electron chi connectivity index (χ0n) is 23.3. The molecule has 0 saturated carbocycles. The molecule has 1 heterocycles. The fourth-order valence-electron chi connectivity index (χ4n) is 4.14. The van der Waals surface area contributed by atoms with E-state index in [1.54, 1.807) is 41.6 Å². The molecule has 0 saturated heterocycles. The molecule has 2 aromatic carbocycles. The lowest BCUT2D eigenvalue weighted by atomic mass is 10.1. The summed E-state index contributed by atoms with van der Waals surface area (Å²) >= 11 is 0. The maximum absolute atomic E-state index is 13.9. The van der Waals surface area contributed by atoms with E-state index in [2.05, 4.69) is 4.98 Å². The average molecular weight is 541 g/mol. The number of carbonyl (C=O) groups excluding carboxylic acids is 1. The fraction of sp³-hybridized carbons (Fsp3) is 0.448. The van der Waals surface area contributed by atoms with Crippen LogP contribution in [0.1, 0.15) is 33.3 Å². The van der Waals surface area contributed by atoms with Crippen LogP contribution in [0.3, 0.4) is 0 Å². The van der Waals surface area contributed by atoms with Gasteiger partial charge in [0.25, 0.3) is 0 Å². The Morgan fingerprint density at radius 3 is 2.34 bits per heavy atom. The standard InChI is InChI=1S/C29H40N4O4S/c1-23(22-32(28(34)37-29(2,3)4)17-15-24-10-8-7-9-11-24)33(19-18-31(5)6)38(35,36)27-13-12-26-21-30-16-14-25(26)20-27/h7-14,16,20-21,23H,15,17-19,22H2,1-6H3/t23-/m1/s1. The smallest absolute Gasteiger partial charge is 0.410 e. The molecule has 0 aliphatic carbocycles. The molecule has 0 spiro atoms. The van der Waals surface area contributed by atoms with Crippen molar-refractivity contribution >= 4 is 26.9 Å². The highest BCUT2D eigenvalue weighted by Crippen LogP contribution is 2.24. The van der Waals surface area contributed by atoms with Gasteiger partial charge < -0.3 is 14.5 Å². The number of pyridine rings is 1. The van der Waals surface area contributed by atoms with Crippen LogP contribution in [-0.4, -0.2) is 85.5 Å². The Morgan fingerprint density at radius 1 is 0.974 bits per heavy atom. The van der Waals surface area contributed by atoms with Gasteiger partial charge in [-0.25, -0.2) is 13.2 Å². The SMILES string of the molecule is C[C@H](CN(CCc1ccccc1)C(=O)OC(C)(C)C)N(CCN(C)C)S(=O)(=O)c1ccc2cnccc2c1. The molecular formula is C29H40N4O4S. The van der Waals surface area contributed by atoms with Gasteiger partial charge in [-0.15, -0.1) is 0 Å². The third-order valence-corrected chi connectivity index (χ3v) is 8.14. The number of likely N-dealkylation sites (N-methyl/N-ethyl adjacent to an activating group) is 1. The zero-order valence-corrected chi connectivity index (χ0v) is 24.1. The van der Waals surface area contributed by atoms with Crippen LogP contribution in [0.5, 0.6) is 0 Å². The lowest BCUT2D eigenvalue weighted by molar-refractivity contribution is 0.0219. The quantitative estimate of drug-likeness (QED) is 0.352. The van der Waals surface area contributed by atoms with Crippen molar-refractivity contribution in [3.05, 3.63) is 72.6 Å². The molecule has 0 unspecified atom stereocenters. The molecule has 9 heteroatoms. The second kappa shape index (κ2) is 12.7. The maximum atomic E-state index is 13.9. The number of hydrogen-bond donors (Lipinski definition) is 0. The number of amides is 1. The minimum absolute atomic E-state index is 0.200. The summed E-state index contributed by atoms with van der Waals surface area (Å²) in [6.45, 7) is 8.76. The van der Waals surface area contributed by atoms with E-state index in [0.717, 1.165) is 16.3 Å². The van der Waals surface area contributed by atoms with Gasteiger partial charge in [0.05, 0.1) is 4.90 Å². The molecule has 8 nitrogen and oxygen atoms in total. The first-order chi connectivity index (χ1) is 17.9. The Kier molecular flexibility index (Phi) is 9.87. The first-order valence-electron chi connectivity index (χ1n) is 12.9. The van der Waals surface area contributed by atoms with E-state index in [1.807, 2.05) is 77.0 Å². The predicted octanol–water partition coefficient (Wildman–Crippen LogP) is 4.66. The van der Waals surface area contributed by atoms with Crippen molar-refractivity contribution in [3.8, 4) is 0 Å². The van der Waals surface area contributed by atoms with Crippen LogP contribution >= 0.6 is 0 Å². The van der Waals surface area contributed by atoms with Gasteiger partial charge in [0.1, 0.15) is 5.60 Å². The maximum Gasteiger partial charge on any atom is 0.410 e. The fourth-order valence-corrected chi connectivity index (χ4v) is 5.78. The average Bonchev–Trinajstić information content (AvgIpc) is 2.85. The van der Waals surface area contributed by atoms with Crippen LogP contribution in [0, 0.1) is 0 Å². The summed E-state index contributed by atoms with van der Waals surface area (Å²) < 4.78 is 35.1. The third-order valence-electron chi connectivity index (χ3n) is 6.13. The number of rotatable bonds is 11. The number of fused-ring (bicyclic) bond motifs is 1. The lowest BCUT2D eigenvalue weighted by Gasteiger charge is -2.34. The first kappa shape index (κ1) is 29.5. The molecule has 0 aliphatic heterocycles. The van der Waals surface area contributed by atoms with Crippen molar-refractivity contribution < 1.29 is 17.9 Å². The van der Waals surface area contributed by atoms with Gasteiger partial charge in [-0.2, -0.15) is 4.31 Å². The van der Waals surface area contributed by atoms with Gasteiger partial charge in [-0.05, 0) is 77.4 Å². The number of ether oxygens (including phenoxy) is 1. The normalized spacial score (nSPS) is 13.2. The summed E-state index contributed by atoms with van der Waals surface area (Å²) in [7, 11) is -0.0373. The van der Waals surface area contributed by atoms with E-state index in [0.29, 0.717) is 19.5 Å². The van der Waals surface area contributed by atoms with Gasteiger partial charge in [0, 0.05) is 50.0 Å². The van der Waals surface area contributed by atoms with Crippen LogP contribution in [0.25, 0.3) is 10.8 Å². The molecule has 1 atom stereocenters. The Hall–Kier alpha value is -3.01. The van der Waals surface area contributed by atoms with E-state index in [4.69, 9.17) is 4.74 Å². The summed E-state index contributed by atoms with van der Waals surface area (Å²) in [4.78, 5) is 21.1. The molecule has 3 rings (SSSR count). The highest BCUT2D eigenvalue weighted by atomic mass is 32.2. The molecule has 206 valence electrons. The molecule has 0 fully saturated rings. The summed E-state index contributed by atoms with van der Waals surface area (Å²) in [6, 6.07) is 16.3. The van der Waals surface area contributed by atoms with Gasteiger partial charge in [0.2, 0.25) is 10.0 Å². The summed E-state index contributed by atoms with van der Waals surface area (Å²) in [5.74, 6) is 0. The Bertz CT molecular complexity index is 1310. The second-order valence-electron chi connectivity index (χ2n) is 10.8. The molecule has 0 radical (unpaired) electrons. The number of sulfonamides is 1. The van der Waals surface area contributed by atoms with Gasteiger partial charge in [-0.1, -0.05) is 36.4 Å². The largest absolute Gasteiger partial charge is 0.444 e. The van der Waals surface area contributed by atoms with Crippen LogP contribution in [0.2, 0.25) is 0 Å². The van der Waals surface area contributed by atoms with Crippen LogP contribution < -0.4 is 0 Å². The molecule has 0 N–H and O–H groups in total. The summed E-state index contributed by atoms with van der Waals surface area (Å²) in [6.07, 6.45) is 3.54. The van der Waals surface area contributed by atoms with Crippen molar-refractivity contribution in [1.29, 1.82) is 0 Å². The van der Waals surface area contributed by atoms with Gasteiger partial charge in [0.15, 0.2) is 0 Å². The van der Waals surface area contributed by atoms with Crippen molar-refractivity contribution in [1.82, 2.24) is 19.1 Å². The topological polar surface area (TPSA) is 83.0 Å². The van der Waals surface area contributed by atoms with Crippen molar-refractivity contribution in [2.45, 2.75) is 50.7 Å². The van der Waals surface area contributed by atoms with Crippen LogP contribution in [-0.2, 0) is 21.2 Å². The van der Waals surface area contributed by atoms with Crippen molar-refractivity contribution in [2.24, 2.45) is 0 Å². The van der Waals surface area contributed by atoms with Crippen LogP contribution in [0.4, 0.5) is 4.79 Å². The zero-order chi connectivity index (χ0) is 27.9. The highest BCUT2D eigenvalue weighted by Gasteiger charge is 2.32. The Morgan fingerprint density at radius 2 is 1.68 bits per heavy atom. The van der Waals surface area contributed by atoms with E-state index >= 15 is 0 Å². The van der Waals surface area contributed by atoms with E-state index in [1.165, 1.54) is 4.31 Å². The molecular weight excluding hydrogens is 500 g/mol. The first-order valence-corrected chi connectivity index (χ1v) is 14.3. The molecule has 1 aromatic heterocycles. The van der Waals surface area contributed by atoms with Crippen LogP contribution in [0.15, 0.2) is 71.9 Å². The molecule has 0 aliphatic rings. The highest BCUT2D eigenvalue weighted by molar-refractivity contribution is 7.89. The number of aromatic nitrogens is 1. The monoisotopic (exact) mass is 540 g/mol. The predicted molar refractivity (Wildman–Crippen MR) is 152 cm³/mol.